The molecule has 2 aromatic carbocycles. The van der Waals surface area contributed by atoms with Crippen LogP contribution >= 0.6 is 23.2 Å². The molecule has 1 atom stereocenters. The number of nitrogens with one attached hydrogen (secondary N) is 1. The zero-order valence-electron chi connectivity index (χ0n) is 17.1. The third-order valence-corrected chi connectivity index (χ3v) is 5.50. The highest BCUT2D eigenvalue weighted by molar-refractivity contribution is 6.42. The first-order valence-corrected chi connectivity index (χ1v) is 10.2. The lowest BCUT2D eigenvalue weighted by atomic mass is 10.1. The molecular formula is C22H26Cl2N2O3. The Kier molecular flexibility index (Phi) is 8.35. The van der Waals surface area contributed by atoms with Gasteiger partial charge in [0, 0.05) is 13.1 Å². The van der Waals surface area contributed by atoms with Gasteiger partial charge in [-0.25, -0.2) is 0 Å². The number of carbonyl (C=O) groups excluding carboxylic acids is 2. The fraction of sp³-hybridized carbons (Fsp3) is 0.364. The minimum atomic E-state index is -0.667. The minimum Gasteiger partial charge on any atom is -0.483 e. The molecule has 2 amide bonds. The lowest BCUT2D eigenvalue weighted by Gasteiger charge is -2.29. The van der Waals surface area contributed by atoms with Crippen molar-refractivity contribution < 1.29 is 14.3 Å². The molecule has 29 heavy (non-hydrogen) atoms. The molecule has 7 heteroatoms. The molecule has 0 fully saturated rings. The van der Waals surface area contributed by atoms with Gasteiger partial charge in [0.1, 0.15) is 11.8 Å². The van der Waals surface area contributed by atoms with Gasteiger partial charge in [-0.1, -0.05) is 41.4 Å². The Morgan fingerprint density at radius 3 is 2.52 bits per heavy atom. The first-order chi connectivity index (χ1) is 13.7. The maximum absolute atomic E-state index is 13.0. The lowest BCUT2D eigenvalue weighted by Crippen LogP contribution is -2.49. The molecule has 156 valence electrons. The Morgan fingerprint density at radius 2 is 1.86 bits per heavy atom. The van der Waals surface area contributed by atoms with Crippen molar-refractivity contribution in [1.29, 1.82) is 0 Å². The van der Waals surface area contributed by atoms with E-state index in [9.17, 15) is 9.59 Å². The second-order valence-corrected chi connectivity index (χ2v) is 7.64. The van der Waals surface area contributed by atoms with Crippen LogP contribution in [0.2, 0.25) is 10.0 Å². The van der Waals surface area contributed by atoms with Gasteiger partial charge in [0.05, 0.1) is 10.0 Å². The molecule has 1 N–H and O–H groups in total. The van der Waals surface area contributed by atoms with Gasteiger partial charge in [-0.2, -0.15) is 0 Å². The van der Waals surface area contributed by atoms with E-state index in [1.165, 1.54) is 4.90 Å². The fourth-order valence-electron chi connectivity index (χ4n) is 2.84. The summed E-state index contributed by atoms with van der Waals surface area (Å²) in [5, 5.41) is 3.59. The monoisotopic (exact) mass is 436 g/mol. The minimum absolute atomic E-state index is 0.171. The number of amides is 2. The van der Waals surface area contributed by atoms with Crippen molar-refractivity contribution in [3.63, 3.8) is 0 Å². The van der Waals surface area contributed by atoms with Gasteiger partial charge in [0.25, 0.3) is 5.91 Å². The Labute approximate surface area is 181 Å². The number of likely N-dealkylation sites (N-methyl/N-ethyl adjacent to an activating group) is 1. The first kappa shape index (κ1) is 23.0. The van der Waals surface area contributed by atoms with Crippen LogP contribution in [0.15, 0.2) is 36.4 Å². The quantitative estimate of drug-likeness (QED) is 0.660. The van der Waals surface area contributed by atoms with Crippen molar-refractivity contribution in [1.82, 2.24) is 10.2 Å². The van der Waals surface area contributed by atoms with Crippen molar-refractivity contribution in [2.24, 2.45) is 0 Å². The topological polar surface area (TPSA) is 58.6 Å². The Hall–Kier alpha value is -2.24. The van der Waals surface area contributed by atoms with Crippen LogP contribution in [-0.2, 0) is 16.1 Å². The largest absolute Gasteiger partial charge is 0.483 e. The van der Waals surface area contributed by atoms with Gasteiger partial charge in [0.15, 0.2) is 6.61 Å². The van der Waals surface area contributed by atoms with Gasteiger partial charge in [-0.15, -0.1) is 0 Å². The lowest BCUT2D eigenvalue weighted by molar-refractivity contribution is -0.142. The third kappa shape index (κ3) is 6.12. The smallest absolute Gasteiger partial charge is 0.261 e. The number of ether oxygens (including phenoxy) is 1. The average Bonchev–Trinajstić information content (AvgIpc) is 2.69. The van der Waals surface area contributed by atoms with Crippen LogP contribution in [0.1, 0.15) is 30.5 Å². The van der Waals surface area contributed by atoms with Gasteiger partial charge < -0.3 is 15.0 Å². The molecule has 0 saturated carbocycles. The standard InChI is InChI=1S/C22H26Cl2N2O3/c1-5-25-22(28)16(4)26(12-17-9-10-18(23)19(24)11-17)21(27)13-29-20-8-6-7-14(2)15(20)3/h6-11,16H,5,12-13H2,1-4H3,(H,25,28)/t16-/m1/s1. The molecule has 0 saturated heterocycles. The van der Waals surface area contributed by atoms with E-state index < -0.39 is 6.04 Å². The number of nitrogens with zero attached hydrogens (tertiary/aromatic N) is 1. The van der Waals surface area contributed by atoms with Crippen LogP contribution < -0.4 is 10.1 Å². The molecule has 0 aromatic heterocycles. The van der Waals surface area contributed by atoms with Gasteiger partial charge in [-0.3, -0.25) is 9.59 Å². The number of carbonyl (C=O) groups is 2. The Morgan fingerprint density at radius 1 is 1.14 bits per heavy atom. The van der Waals surface area contributed by atoms with E-state index in [2.05, 4.69) is 5.32 Å². The van der Waals surface area contributed by atoms with E-state index in [4.69, 9.17) is 27.9 Å². The van der Waals surface area contributed by atoms with Gasteiger partial charge >= 0.3 is 0 Å². The number of hydrogen-bond acceptors (Lipinski definition) is 3. The molecule has 5 nitrogen and oxygen atoms in total. The van der Waals surface area contributed by atoms with Crippen LogP contribution in [0.4, 0.5) is 0 Å². The summed E-state index contributed by atoms with van der Waals surface area (Å²) in [6.07, 6.45) is 0. The van der Waals surface area contributed by atoms with Crippen LogP contribution in [0, 0.1) is 13.8 Å². The van der Waals surface area contributed by atoms with E-state index in [-0.39, 0.29) is 25.0 Å². The average molecular weight is 437 g/mol. The summed E-state index contributed by atoms with van der Waals surface area (Å²) in [6.45, 7) is 7.98. The molecule has 2 rings (SSSR count). The highest BCUT2D eigenvalue weighted by Crippen LogP contribution is 2.24. The normalized spacial score (nSPS) is 11.7. The number of rotatable bonds is 8. The van der Waals surface area contributed by atoms with E-state index in [1.54, 1.807) is 25.1 Å². The fourth-order valence-corrected chi connectivity index (χ4v) is 3.16. The summed E-state index contributed by atoms with van der Waals surface area (Å²) >= 11 is 12.1. The second kappa shape index (κ2) is 10.5. The van der Waals surface area contributed by atoms with E-state index in [0.29, 0.717) is 22.3 Å². The van der Waals surface area contributed by atoms with Crippen LogP contribution in [0.5, 0.6) is 5.75 Å². The molecule has 0 aliphatic rings. The maximum atomic E-state index is 13.0. The number of aryl methyl sites for hydroxylation is 1. The molecule has 0 unspecified atom stereocenters. The highest BCUT2D eigenvalue weighted by atomic mass is 35.5. The summed E-state index contributed by atoms with van der Waals surface area (Å²) in [7, 11) is 0. The molecule has 0 bridgehead atoms. The van der Waals surface area contributed by atoms with E-state index in [0.717, 1.165) is 16.7 Å². The van der Waals surface area contributed by atoms with E-state index >= 15 is 0 Å². The summed E-state index contributed by atoms with van der Waals surface area (Å²) in [4.78, 5) is 26.8. The zero-order valence-corrected chi connectivity index (χ0v) is 18.6. The highest BCUT2D eigenvalue weighted by Gasteiger charge is 2.26. The van der Waals surface area contributed by atoms with Crippen molar-refractivity contribution >= 4 is 35.0 Å². The molecule has 0 spiro atoms. The predicted molar refractivity (Wildman–Crippen MR) is 117 cm³/mol. The van der Waals surface area contributed by atoms with Gasteiger partial charge in [-0.05, 0) is 62.6 Å². The van der Waals surface area contributed by atoms with Crippen LogP contribution in [-0.4, -0.2) is 35.9 Å². The summed E-state index contributed by atoms with van der Waals surface area (Å²) < 4.78 is 5.76. The predicted octanol–water partition coefficient (Wildman–Crippen LogP) is 4.54. The summed E-state index contributed by atoms with van der Waals surface area (Å²) in [5.74, 6) is 0.127. The van der Waals surface area contributed by atoms with Crippen molar-refractivity contribution in [3.05, 3.63) is 63.1 Å². The van der Waals surface area contributed by atoms with Crippen molar-refractivity contribution in [3.8, 4) is 5.75 Å². The van der Waals surface area contributed by atoms with E-state index in [1.807, 2.05) is 39.0 Å². The SMILES string of the molecule is CCNC(=O)[C@@H](C)N(Cc1ccc(Cl)c(Cl)c1)C(=O)COc1cccc(C)c1C. The summed E-state index contributed by atoms with van der Waals surface area (Å²) in [6, 6.07) is 10.2. The Balaban J connectivity index is 2.20. The molecule has 0 heterocycles. The molecule has 0 aliphatic carbocycles. The number of hydrogen-bond donors (Lipinski definition) is 1. The van der Waals surface area contributed by atoms with Crippen LogP contribution in [0.25, 0.3) is 0 Å². The van der Waals surface area contributed by atoms with Crippen molar-refractivity contribution in [2.75, 3.05) is 13.2 Å². The number of benzene rings is 2. The van der Waals surface area contributed by atoms with Crippen molar-refractivity contribution in [2.45, 2.75) is 40.3 Å². The second-order valence-electron chi connectivity index (χ2n) is 6.83. The molecule has 0 radical (unpaired) electrons. The van der Waals surface area contributed by atoms with Crippen LogP contribution in [0.3, 0.4) is 0 Å². The molecular weight excluding hydrogens is 411 g/mol. The third-order valence-electron chi connectivity index (χ3n) is 4.76. The van der Waals surface area contributed by atoms with Gasteiger partial charge in [0.2, 0.25) is 5.91 Å². The first-order valence-electron chi connectivity index (χ1n) is 9.44. The Bertz CT molecular complexity index is 886. The number of halogens is 2. The molecule has 2 aromatic rings. The summed E-state index contributed by atoms with van der Waals surface area (Å²) in [5.41, 5.74) is 2.84. The molecule has 0 aliphatic heterocycles. The maximum Gasteiger partial charge on any atom is 0.261 e. The zero-order chi connectivity index (χ0) is 21.6.